The molecule has 0 saturated carbocycles. The summed E-state index contributed by atoms with van der Waals surface area (Å²) in [6.07, 6.45) is 4.31. The molecule has 1 unspecified atom stereocenters. The second kappa shape index (κ2) is 6.39. The van der Waals surface area contributed by atoms with Crippen LogP contribution >= 0.6 is 0 Å². The molecule has 1 aliphatic carbocycles. The molecule has 0 aliphatic heterocycles. The van der Waals surface area contributed by atoms with Crippen LogP contribution in [0.2, 0.25) is 0 Å². The summed E-state index contributed by atoms with van der Waals surface area (Å²) in [4.78, 5) is 0. The van der Waals surface area contributed by atoms with Crippen LogP contribution in [0.1, 0.15) is 24.0 Å². The molecule has 0 radical (unpaired) electrons. The molecule has 0 bridgehead atoms. The van der Waals surface area contributed by atoms with Crippen LogP contribution < -0.4 is 0 Å². The average Bonchev–Trinajstić information content (AvgIpc) is 3.11. The fourth-order valence-electron chi connectivity index (χ4n) is 3.43. The van der Waals surface area contributed by atoms with Gasteiger partial charge in [-0.3, -0.25) is 0 Å². The lowest BCUT2D eigenvalue weighted by molar-refractivity contribution is -0.248. The standard InChI is InChI=1S/C21H17F3N2O/c22-21(23,24)20(27,16-7-3-1-4-8-16)17-11-12-19-15(13-17)14-25-26(19)18-9-5-2-6-10-18/h1-5,7-9,11-14,27H,6,10H2. The van der Waals surface area contributed by atoms with Gasteiger partial charge in [-0.1, -0.05) is 48.6 Å². The first-order chi connectivity index (χ1) is 12.9. The van der Waals surface area contributed by atoms with Gasteiger partial charge in [-0.2, -0.15) is 18.3 Å². The van der Waals surface area contributed by atoms with Gasteiger partial charge in [0.1, 0.15) is 0 Å². The number of halogens is 3. The minimum absolute atomic E-state index is 0.218. The van der Waals surface area contributed by atoms with Crippen LogP contribution in [0, 0.1) is 0 Å². The SMILES string of the molecule is OC(c1ccccc1)(c1ccc2c(cnn2C2=CC=CCC2)c1)C(F)(F)F. The average molecular weight is 370 g/mol. The van der Waals surface area contributed by atoms with Crippen molar-refractivity contribution in [2.75, 3.05) is 0 Å². The molecule has 2 aromatic carbocycles. The van der Waals surface area contributed by atoms with Crippen LogP contribution in [0.25, 0.3) is 16.6 Å². The van der Waals surface area contributed by atoms with Gasteiger partial charge < -0.3 is 5.11 Å². The van der Waals surface area contributed by atoms with Crippen LogP contribution in [0.3, 0.4) is 0 Å². The second-order valence-corrected chi connectivity index (χ2v) is 6.53. The van der Waals surface area contributed by atoms with Crippen LogP contribution in [-0.2, 0) is 5.60 Å². The van der Waals surface area contributed by atoms with Gasteiger partial charge in [0.05, 0.1) is 11.7 Å². The van der Waals surface area contributed by atoms with Crippen molar-refractivity contribution in [3.05, 3.63) is 84.1 Å². The van der Waals surface area contributed by atoms with E-state index in [2.05, 4.69) is 11.2 Å². The zero-order valence-electron chi connectivity index (χ0n) is 14.3. The van der Waals surface area contributed by atoms with Gasteiger partial charge in [0, 0.05) is 11.1 Å². The van der Waals surface area contributed by atoms with Crippen molar-refractivity contribution in [1.29, 1.82) is 0 Å². The Balaban J connectivity index is 1.85. The number of alkyl halides is 3. The predicted molar refractivity (Wildman–Crippen MR) is 97.9 cm³/mol. The summed E-state index contributed by atoms with van der Waals surface area (Å²) in [6.45, 7) is 0. The monoisotopic (exact) mass is 370 g/mol. The van der Waals surface area contributed by atoms with Crippen molar-refractivity contribution >= 4 is 16.6 Å². The largest absolute Gasteiger partial charge is 0.425 e. The number of hydrogen-bond acceptors (Lipinski definition) is 2. The van der Waals surface area contributed by atoms with Crippen molar-refractivity contribution < 1.29 is 18.3 Å². The first-order valence-corrected chi connectivity index (χ1v) is 8.60. The van der Waals surface area contributed by atoms with Crippen molar-refractivity contribution in [3.63, 3.8) is 0 Å². The molecule has 1 N–H and O–H groups in total. The van der Waals surface area contributed by atoms with Gasteiger partial charge in [-0.15, -0.1) is 0 Å². The zero-order valence-corrected chi connectivity index (χ0v) is 14.3. The topological polar surface area (TPSA) is 38.1 Å². The molecular formula is C21H17F3N2O. The Hall–Kier alpha value is -2.86. The fraction of sp³-hybridized carbons (Fsp3) is 0.190. The molecule has 27 heavy (non-hydrogen) atoms. The summed E-state index contributed by atoms with van der Waals surface area (Å²) in [6, 6.07) is 11.4. The maximum atomic E-state index is 13.9. The molecule has 6 heteroatoms. The summed E-state index contributed by atoms with van der Waals surface area (Å²) in [5, 5.41) is 15.6. The lowest BCUT2D eigenvalue weighted by Crippen LogP contribution is -2.43. The van der Waals surface area contributed by atoms with E-state index in [9.17, 15) is 18.3 Å². The Morgan fingerprint density at radius 1 is 1.00 bits per heavy atom. The van der Waals surface area contributed by atoms with Gasteiger partial charge >= 0.3 is 6.18 Å². The lowest BCUT2D eigenvalue weighted by Gasteiger charge is -2.31. The molecular weight excluding hydrogens is 353 g/mol. The van der Waals surface area contributed by atoms with Gasteiger partial charge in [-0.25, -0.2) is 4.68 Å². The van der Waals surface area contributed by atoms with E-state index in [0.717, 1.165) is 18.5 Å². The Labute approximate surface area is 154 Å². The predicted octanol–water partition coefficient (Wildman–Crippen LogP) is 5.03. The number of hydrogen-bond donors (Lipinski definition) is 1. The van der Waals surface area contributed by atoms with Crippen molar-refractivity contribution in [3.8, 4) is 0 Å². The fourth-order valence-corrected chi connectivity index (χ4v) is 3.43. The maximum Gasteiger partial charge on any atom is 0.425 e. The lowest BCUT2D eigenvalue weighted by atomic mass is 9.85. The summed E-state index contributed by atoms with van der Waals surface area (Å²) in [5.41, 5.74) is -1.85. The highest BCUT2D eigenvalue weighted by Gasteiger charge is 2.56. The van der Waals surface area contributed by atoms with E-state index in [-0.39, 0.29) is 11.1 Å². The van der Waals surface area contributed by atoms with Crippen molar-refractivity contribution in [2.45, 2.75) is 24.6 Å². The molecule has 0 amide bonds. The molecule has 138 valence electrons. The van der Waals surface area contributed by atoms with E-state index in [1.54, 1.807) is 16.8 Å². The Kier molecular flexibility index (Phi) is 4.15. The molecule has 1 atom stereocenters. The number of nitrogens with zero attached hydrogens (tertiary/aromatic N) is 2. The molecule has 1 heterocycles. The number of benzene rings is 2. The molecule has 0 saturated heterocycles. The number of fused-ring (bicyclic) bond motifs is 1. The van der Waals surface area contributed by atoms with Gasteiger partial charge in [0.15, 0.2) is 0 Å². The van der Waals surface area contributed by atoms with E-state index < -0.39 is 11.8 Å². The third kappa shape index (κ3) is 2.86. The minimum Gasteiger partial charge on any atom is -0.372 e. The third-order valence-corrected chi connectivity index (χ3v) is 4.85. The third-order valence-electron chi connectivity index (χ3n) is 4.85. The summed E-state index contributed by atoms with van der Waals surface area (Å²) >= 11 is 0. The van der Waals surface area contributed by atoms with Crippen molar-refractivity contribution in [2.24, 2.45) is 0 Å². The van der Waals surface area contributed by atoms with E-state index in [0.29, 0.717) is 10.9 Å². The summed E-state index contributed by atoms with van der Waals surface area (Å²) in [5.74, 6) is 0. The first-order valence-electron chi connectivity index (χ1n) is 8.60. The van der Waals surface area contributed by atoms with E-state index in [1.165, 1.54) is 42.6 Å². The van der Waals surface area contributed by atoms with E-state index in [4.69, 9.17) is 0 Å². The quantitative estimate of drug-likeness (QED) is 0.703. The molecule has 3 nitrogen and oxygen atoms in total. The van der Waals surface area contributed by atoms with Crippen LogP contribution in [0.5, 0.6) is 0 Å². The van der Waals surface area contributed by atoms with E-state index >= 15 is 0 Å². The van der Waals surface area contributed by atoms with Crippen LogP contribution in [0.4, 0.5) is 13.2 Å². The highest BCUT2D eigenvalue weighted by molar-refractivity contribution is 5.83. The Bertz CT molecular complexity index is 1030. The molecule has 0 spiro atoms. The van der Waals surface area contributed by atoms with Gasteiger partial charge in [0.2, 0.25) is 5.60 Å². The number of aromatic nitrogens is 2. The highest BCUT2D eigenvalue weighted by atomic mass is 19.4. The van der Waals surface area contributed by atoms with Gasteiger partial charge in [0.25, 0.3) is 0 Å². The summed E-state index contributed by atoms with van der Waals surface area (Å²) < 4.78 is 43.4. The molecule has 1 aromatic heterocycles. The number of aliphatic hydroxyl groups is 1. The van der Waals surface area contributed by atoms with Crippen LogP contribution in [0.15, 0.2) is 73.0 Å². The molecule has 4 rings (SSSR count). The van der Waals surface area contributed by atoms with Gasteiger partial charge in [-0.05, 0) is 42.2 Å². The summed E-state index contributed by atoms with van der Waals surface area (Å²) in [7, 11) is 0. The van der Waals surface area contributed by atoms with E-state index in [1.807, 2.05) is 12.2 Å². The Morgan fingerprint density at radius 3 is 2.44 bits per heavy atom. The molecule has 1 aliphatic rings. The first kappa shape index (κ1) is 17.5. The Morgan fingerprint density at radius 2 is 1.78 bits per heavy atom. The second-order valence-electron chi connectivity index (χ2n) is 6.53. The normalized spacial score (nSPS) is 17.0. The number of allylic oxidation sites excluding steroid dienone is 4. The minimum atomic E-state index is -4.87. The van der Waals surface area contributed by atoms with Crippen LogP contribution in [-0.4, -0.2) is 21.1 Å². The highest BCUT2D eigenvalue weighted by Crippen LogP contribution is 2.44. The molecule has 0 fully saturated rings. The maximum absolute atomic E-state index is 13.9. The van der Waals surface area contributed by atoms with Crippen molar-refractivity contribution in [1.82, 2.24) is 9.78 Å². The number of rotatable bonds is 3. The smallest absolute Gasteiger partial charge is 0.372 e. The zero-order chi connectivity index (χ0) is 19.1. The molecule has 3 aromatic rings.